The number of hydrogen-bond donors (Lipinski definition) is 1. The fraction of sp³-hybridized carbons (Fsp3) is 0.625. The Morgan fingerprint density at radius 3 is 2.65 bits per heavy atom. The molecule has 1 fully saturated rings. The Hall–Kier alpha value is -1.37. The second kappa shape index (κ2) is 9.05. The number of pyridine rings is 1. The van der Waals surface area contributed by atoms with Gasteiger partial charge in [0.1, 0.15) is 16.6 Å². The molecule has 1 amide bonds. The predicted octanol–water partition coefficient (Wildman–Crippen LogP) is 2.45. The molecule has 1 aromatic rings. The van der Waals surface area contributed by atoms with E-state index >= 15 is 0 Å². The molecule has 23 heavy (non-hydrogen) atoms. The van der Waals surface area contributed by atoms with E-state index in [1.165, 1.54) is 7.11 Å². The predicted molar refractivity (Wildman–Crippen MR) is 87.1 cm³/mol. The highest BCUT2D eigenvalue weighted by Crippen LogP contribution is 2.22. The quantitative estimate of drug-likeness (QED) is 0.609. The molecule has 6 nitrogen and oxygen atoms in total. The van der Waals surface area contributed by atoms with Crippen LogP contribution in [0, 0.1) is 0 Å². The summed E-state index contributed by atoms with van der Waals surface area (Å²) >= 11 is 5.90. The monoisotopic (exact) mass is 342 g/mol. The number of carbonyl (C=O) groups excluding carboxylic acids is 1. The van der Waals surface area contributed by atoms with Crippen molar-refractivity contribution < 1.29 is 19.0 Å². The molecule has 1 aliphatic carbocycles. The molecule has 128 valence electrons. The first-order valence-electron chi connectivity index (χ1n) is 7.75. The minimum Gasteiger partial charge on any atom is -0.497 e. The van der Waals surface area contributed by atoms with Crippen LogP contribution in [-0.4, -0.2) is 50.5 Å². The van der Waals surface area contributed by atoms with Gasteiger partial charge in [-0.2, -0.15) is 0 Å². The maximum atomic E-state index is 12.3. The second-order valence-corrected chi connectivity index (χ2v) is 5.91. The van der Waals surface area contributed by atoms with Gasteiger partial charge in [-0.15, -0.1) is 0 Å². The normalized spacial score (nSPS) is 21.0. The number of hydrogen-bond acceptors (Lipinski definition) is 5. The van der Waals surface area contributed by atoms with Crippen LogP contribution < -0.4 is 10.1 Å². The number of aromatic nitrogens is 1. The minimum atomic E-state index is -0.227. The van der Waals surface area contributed by atoms with Crippen LogP contribution in [0.4, 0.5) is 0 Å². The molecule has 0 unspecified atom stereocenters. The van der Waals surface area contributed by atoms with Crippen molar-refractivity contribution in [1.29, 1.82) is 0 Å². The van der Waals surface area contributed by atoms with Crippen LogP contribution in [0.15, 0.2) is 12.1 Å². The van der Waals surface area contributed by atoms with E-state index in [0.29, 0.717) is 19.0 Å². The number of rotatable bonds is 7. The second-order valence-electron chi connectivity index (χ2n) is 5.53. The zero-order chi connectivity index (χ0) is 16.7. The number of methoxy groups -OCH3 is 2. The Labute approximate surface area is 141 Å². The van der Waals surface area contributed by atoms with Crippen molar-refractivity contribution in [3.05, 3.63) is 23.0 Å². The molecule has 0 radical (unpaired) electrons. The van der Waals surface area contributed by atoms with Crippen LogP contribution >= 0.6 is 11.6 Å². The molecular weight excluding hydrogens is 320 g/mol. The molecule has 2 rings (SSSR count). The molecule has 1 saturated carbocycles. The Balaban J connectivity index is 1.82. The van der Waals surface area contributed by atoms with Gasteiger partial charge in [-0.05, 0) is 25.7 Å². The van der Waals surface area contributed by atoms with Crippen molar-refractivity contribution in [1.82, 2.24) is 10.3 Å². The molecule has 0 bridgehead atoms. The number of nitrogens with one attached hydrogen (secondary N) is 1. The molecule has 0 atom stereocenters. The zero-order valence-electron chi connectivity index (χ0n) is 13.5. The Kier molecular flexibility index (Phi) is 7.08. The Morgan fingerprint density at radius 1 is 1.26 bits per heavy atom. The van der Waals surface area contributed by atoms with Crippen LogP contribution in [0.5, 0.6) is 5.75 Å². The van der Waals surface area contributed by atoms with Crippen molar-refractivity contribution in [3.63, 3.8) is 0 Å². The van der Waals surface area contributed by atoms with E-state index < -0.39 is 0 Å². The lowest BCUT2D eigenvalue weighted by molar-refractivity contribution is -0.00409. The summed E-state index contributed by atoms with van der Waals surface area (Å²) in [5.41, 5.74) is 0.271. The van der Waals surface area contributed by atoms with Gasteiger partial charge >= 0.3 is 0 Å². The molecule has 1 aromatic heterocycles. The third-order valence-corrected chi connectivity index (χ3v) is 4.08. The van der Waals surface area contributed by atoms with Gasteiger partial charge < -0.3 is 19.5 Å². The van der Waals surface area contributed by atoms with Crippen LogP contribution in [0.25, 0.3) is 0 Å². The molecule has 7 heteroatoms. The van der Waals surface area contributed by atoms with Gasteiger partial charge in [0.15, 0.2) is 0 Å². The highest BCUT2D eigenvalue weighted by Gasteiger charge is 2.23. The first-order chi connectivity index (χ1) is 11.1. The summed E-state index contributed by atoms with van der Waals surface area (Å²) in [6.07, 6.45) is 3.90. The summed E-state index contributed by atoms with van der Waals surface area (Å²) in [5.74, 6) is 0.292. The van der Waals surface area contributed by atoms with Crippen LogP contribution in [0.2, 0.25) is 5.15 Å². The topological polar surface area (TPSA) is 69.7 Å². The van der Waals surface area contributed by atoms with E-state index in [1.54, 1.807) is 19.2 Å². The smallest absolute Gasteiger partial charge is 0.270 e. The highest BCUT2D eigenvalue weighted by atomic mass is 35.5. The third-order valence-electron chi connectivity index (χ3n) is 3.89. The van der Waals surface area contributed by atoms with Gasteiger partial charge in [-0.3, -0.25) is 4.79 Å². The number of carbonyl (C=O) groups is 1. The third kappa shape index (κ3) is 5.64. The van der Waals surface area contributed by atoms with Crippen LogP contribution in [0.3, 0.4) is 0 Å². The molecule has 0 spiro atoms. The largest absolute Gasteiger partial charge is 0.497 e. The van der Waals surface area contributed by atoms with E-state index in [1.807, 2.05) is 0 Å². The SMILES string of the molecule is COCCO[C@H]1CC[C@H](NC(=O)c2cc(OC)cc(Cl)n2)CC1. The number of halogens is 1. The molecule has 1 heterocycles. The van der Waals surface area contributed by atoms with E-state index in [-0.39, 0.29) is 28.9 Å². The minimum absolute atomic E-state index is 0.136. The maximum Gasteiger partial charge on any atom is 0.270 e. The molecule has 1 aliphatic rings. The fourth-order valence-corrected chi connectivity index (χ4v) is 2.84. The molecular formula is C16H23ClN2O4. The van der Waals surface area contributed by atoms with Crippen molar-refractivity contribution in [2.24, 2.45) is 0 Å². The summed E-state index contributed by atoms with van der Waals surface area (Å²) in [6.45, 7) is 1.23. The average molecular weight is 343 g/mol. The standard InChI is InChI=1S/C16H23ClN2O4/c1-21-7-8-23-12-5-3-11(4-6-12)18-16(20)14-9-13(22-2)10-15(17)19-14/h9-12H,3-8H2,1-2H3,(H,18,20)/t11-,12-. The lowest BCUT2D eigenvalue weighted by Gasteiger charge is -2.29. The van der Waals surface area contributed by atoms with Gasteiger partial charge in [-0.25, -0.2) is 4.98 Å². The van der Waals surface area contributed by atoms with Crippen molar-refractivity contribution in [2.75, 3.05) is 27.4 Å². The van der Waals surface area contributed by atoms with Gasteiger partial charge in [-0.1, -0.05) is 11.6 Å². The lowest BCUT2D eigenvalue weighted by Crippen LogP contribution is -2.39. The van der Waals surface area contributed by atoms with Crippen molar-refractivity contribution in [3.8, 4) is 5.75 Å². The summed E-state index contributed by atoms with van der Waals surface area (Å²) < 4.78 is 15.8. The molecule has 0 aliphatic heterocycles. The average Bonchev–Trinajstić information content (AvgIpc) is 2.56. The first-order valence-corrected chi connectivity index (χ1v) is 8.13. The van der Waals surface area contributed by atoms with Gasteiger partial charge in [0.05, 0.1) is 26.4 Å². The van der Waals surface area contributed by atoms with E-state index in [2.05, 4.69) is 10.3 Å². The summed E-state index contributed by atoms with van der Waals surface area (Å²) in [4.78, 5) is 16.3. The lowest BCUT2D eigenvalue weighted by atomic mass is 9.93. The highest BCUT2D eigenvalue weighted by molar-refractivity contribution is 6.29. The maximum absolute atomic E-state index is 12.3. The first kappa shape index (κ1) is 18.0. The van der Waals surface area contributed by atoms with Gasteiger partial charge in [0, 0.05) is 25.3 Å². The summed E-state index contributed by atoms with van der Waals surface area (Å²) in [5, 5.41) is 3.25. The van der Waals surface area contributed by atoms with Crippen molar-refractivity contribution >= 4 is 17.5 Å². The number of amides is 1. The van der Waals surface area contributed by atoms with E-state index in [9.17, 15) is 4.79 Å². The molecule has 0 aromatic carbocycles. The number of nitrogens with zero attached hydrogens (tertiary/aromatic N) is 1. The summed E-state index contributed by atoms with van der Waals surface area (Å²) in [6, 6.07) is 3.29. The Bertz CT molecular complexity index is 519. The van der Waals surface area contributed by atoms with Crippen LogP contribution in [0.1, 0.15) is 36.2 Å². The van der Waals surface area contributed by atoms with E-state index in [0.717, 1.165) is 25.7 Å². The molecule has 1 N–H and O–H groups in total. The summed E-state index contributed by atoms with van der Waals surface area (Å²) in [7, 11) is 3.19. The van der Waals surface area contributed by atoms with E-state index in [4.69, 9.17) is 25.8 Å². The van der Waals surface area contributed by atoms with Crippen LogP contribution in [-0.2, 0) is 9.47 Å². The zero-order valence-corrected chi connectivity index (χ0v) is 14.3. The van der Waals surface area contributed by atoms with Gasteiger partial charge in [0.25, 0.3) is 5.91 Å². The van der Waals surface area contributed by atoms with Gasteiger partial charge in [0.2, 0.25) is 0 Å². The fourth-order valence-electron chi connectivity index (χ4n) is 2.64. The number of ether oxygens (including phenoxy) is 3. The Morgan fingerprint density at radius 2 is 2.00 bits per heavy atom. The molecule has 0 saturated heterocycles. The van der Waals surface area contributed by atoms with Crippen molar-refractivity contribution in [2.45, 2.75) is 37.8 Å².